The first kappa shape index (κ1) is 19.1. The van der Waals surface area contributed by atoms with Crippen LogP contribution in [0.4, 0.5) is 0 Å². The minimum Gasteiger partial charge on any atom is -0.493 e. The second kappa shape index (κ2) is 7.75. The first-order valence-electron chi connectivity index (χ1n) is 6.99. The highest BCUT2D eigenvalue weighted by atomic mass is 79.9. The molecule has 0 atom stereocenters. The molecule has 0 fully saturated rings. The number of hydrogen-bond donors (Lipinski definition) is 1. The van der Waals surface area contributed by atoms with Crippen LogP contribution in [0.3, 0.4) is 0 Å². The number of carbonyl (C=O) groups excluding carboxylic acids is 1. The largest absolute Gasteiger partial charge is 0.493 e. The lowest BCUT2D eigenvalue weighted by Crippen LogP contribution is -2.29. The quantitative estimate of drug-likeness (QED) is 0.709. The number of halogens is 1. The van der Waals surface area contributed by atoms with Crippen LogP contribution in [0.1, 0.15) is 11.5 Å². The molecule has 9 heteroatoms. The summed E-state index contributed by atoms with van der Waals surface area (Å²) < 4.78 is 42.5. The van der Waals surface area contributed by atoms with Crippen molar-refractivity contribution in [2.45, 2.75) is 11.8 Å². The molecular formula is C16H16BrNO6S. The second-order valence-corrected chi connectivity index (χ2v) is 7.39. The Kier molecular flexibility index (Phi) is 5.91. The van der Waals surface area contributed by atoms with Gasteiger partial charge >= 0.3 is 0 Å². The number of amides is 1. The molecule has 25 heavy (non-hydrogen) atoms. The number of benzene rings is 1. The predicted octanol–water partition coefficient (Wildman–Crippen LogP) is 2.89. The van der Waals surface area contributed by atoms with Gasteiger partial charge in [0.05, 0.1) is 14.2 Å². The normalized spacial score (nSPS) is 11.5. The van der Waals surface area contributed by atoms with Crippen molar-refractivity contribution in [2.75, 3.05) is 14.2 Å². The molecule has 0 saturated carbocycles. The molecule has 1 heterocycles. The third-order valence-corrected chi connectivity index (χ3v) is 5.43. The molecule has 0 aliphatic heterocycles. The van der Waals surface area contributed by atoms with E-state index in [9.17, 15) is 13.2 Å². The molecule has 1 N–H and O–H groups in total. The standard InChI is InChI=1S/C16H16BrNO6S/c1-10-4-5-11(24-10)6-7-16(19)18-25(20,21)15-9-14(23-3)13(22-2)8-12(15)17/h4-9H,1-3H3,(H,18,19)/b7-6+. The number of rotatable bonds is 6. The third kappa shape index (κ3) is 4.64. The lowest BCUT2D eigenvalue weighted by atomic mass is 10.3. The zero-order valence-corrected chi connectivity index (χ0v) is 16.1. The average molecular weight is 430 g/mol. The number of carbonyl (C=O) groups is 1. The van der Waals surface area contributed by atoms with Crippen molar-refractivity contribution in [3.8, 4) is 11.5 Å². The van der Waals surface area contributed by atoms with E-state index < -0.39 is 15.9 Å². The summed E-state index contributed by atoms with van der Waals surface area (Å²) in [5, 5.41) is 0. The Labute approximate surface area is 153 Å². The van der Waals surface area contributed by atoms with Crippen molar-refractivity contribution in [1.82, 2.24) is 4.72 Å². The van der Waals surface area contributed by atoms with E-state index >= 15 is 0 Å². The van der Waals surface area contributed by atoms with Gasteiger partial charge in [-0.1, -0.05) is 0 Å². The third-order valence-electron chi connectivity index (χ3n) is 3.12. The van der Waals surface area contributed by atoms with Crippen LogP contribution < -0.4 is 14.2 Å². The zero-order chi connectivity index (χ0) is 18.6. The summed E-state index contributed by atoms with van der Waals surface area (Å²) in [4.78, 5) is 11.8. The van der Waals surface area contributed by atoms with E-state index in [0.717, 1.165) is 6.08 Å². The number of hydrogen-bond acceptors (Lipinski definition) is 6. The van der Waals surface area contributed by atoms with E-state index in [1.54, 1.807) is 19.1 Å². The fraction of sp³-hybridized carbons (Fsp3) is 0.188. The Hall–Kier alpha value is -2.26. The average Bonchev–Trinajstić information content (AvgIpc) is 2.97. The first-order valence-corrected chi connectivity index (χ1v) is 9.27. The lowest BCUT2D eigenvalue weighted by Gasteiger charge is -2.12. The van der Waals surface area contributed by atoms with Gasteiger partial charge in [0.15, 0.2) is 11.5 Å². The molecule has 0 saturated heterocycles. The molecular weight excluding hydrogens is 414 g/mol. The minimum absolute atomic E-state index is 0.152. The molecule has 2 rings (SSSR count). The van der Waals surface area contributed by atoms with E-state index in [-0.39, 0.29) is 15.1 Å². The molecule has 0 unspecified atom stereocenters. The molecule has 134 valence electrons. The van der Waals surface area contributed by atoms with Crippen LogP contribution >= 0.6 is 15.9 Å². The maximum absolute atomic E-state index is 12.4. The fourth-order valence-corrected chi connectivity index (χ4v) is 3.95. The summed E-state index contributed by atoms with van der Waals surface area (Å²) >= 11 is 3.16. The monoisotopic (exact) mass is 429 g/mol. The molecule has 0 aliphatic carbocycles. The van der Waals surface area contributed by atoms with Crippen LogP contribution in [0, 0.1) is 6.92 Å². The molecule has 0 spiro atoms. The first-order chi connectivity index (χ1) is 11.8. The maximum Gasteiger partial charge on any atom is 0.265 e. The van der Waals surface area contributed by atoms with Gasteiger partial charge in [-0.3, -0.25) is 4.79 Å². The summed E-state index contributed by atoms with van der Waals surface area (Å²) in [7, 11) is -1.30. The van der Waals surface area contributed by atoms with Crippen LogP contribution in [0.2, 0.25) is 0 Å². The van der Waals surface area contributed by atoms with Gasteiger partial charge in [0.2, 0.25) is 0 Å². The van der Waals surface area contributed by atoms with E-state index in [0.29, 0.717) is 17.3 Å². The number of nitrogens with one attached hydrogen (secondary N) is 1. The van der Waals surface area contributed by atoms with Crippen molar-refractivity contribution in [3.05, 3.63) is 46.3 Å². The van der Waals surface area contributed by atoms with E-state index in [1.165, 1.54) is 32.4 Å². The number of aryl methyl sites for hydroxylation is 1. The Bertz CT molecular complexity index is 917. The fourth-order valence-electron chi connectivity index (χ4n) is 1.96. The number of sulfonamides is 1. The van der Waals surface area contributed by atoms with E-state index in [4.69, 9.17) is 13.9 Å². The smallest absolute Gasteiger partial charge is 0.265 e. The van der Waals surface area contributed by atoms with Gasteiger partial charge in [-0.25, -0.2) is 13.1 Å². The minimum atomic E-state index is -4.11. The van der Waals surface area contributed by atoms with Crippen LogP contribution in [-0.4, -0.2) is 28.5 Å². The molecule has 0 aliphatic rings. The molecule has 0 bridgehead atoms. The van der Waals surface area contributed by atoms with Gasteiger partial charge in [-0.05, 0) is 47.1 Å². The molecule has 1 amide bonds. The Morgan fingerprint density at radius 3 is 2.40 bits per heavy atom. The highest BCUT2D eigenvalue weighted by molar-refractivity contribution is 9.10. The van der Waals surface area contributed by atoms with Crippen LogP contribution in [0.5, 0.6) is 11.5 Å². The van der Waals surface area contributed by atoms with Gasteiger partial charge in [-0.2, -0.15) is 0 Å². The van der Waals surface area contributed by atoms with Crippen molar-refractivity contribution in [1.29, 1.82) is 0 Å². The predicted molar refractivity (Wildman–Crippen MR) is 95.1 cm³/mol. The van der Waals surface area contributed by atoms with Gasteiger partial charge in [0, 0.05) is 16.6 Å². The molecule has 1 aromatic heterocycles. The van der Waals surface area contributed by atoms with Crippen molar-refractivity contribution in [2.24, 2.45) is 0 Å². The van der Waals surface area contributed by atoms with E-state index in [2.05, 4.69) is 15.9 Å². The highest BCUT2D eigenvalue weighted by Gasteiger charge is 2.22. The molecule has 1 aromatic carbocycles. The second-order valence-electron chi connectivity index (χ2n) is 4.89. The molecule has 0 radical (unpaired) electrons. The van der Waals surface area contributed by atoms with Gasteiger partial charge in [-0.15, -0.1) is 0 Å². The molecule has 7 nitrogen and oxygen atoms in total. The summed E-state index contributed by atoms with van der Waals surface area (Å²) in [5.74, 6) is 0.892. The van der Waals surface area contributed by atoms with Gasteiger partial charge < -0.3 is 13.9 Å². The molecule has 2 aromatic rings. The topological polar surface area (TPSA) is 94.8 Å². The summed E-state index contributed by atoms with van der Waals surface area (Å²) in [5.41, 5.74) is 0. The zero-order valence-electron chi connectivity index (χ0n) is 13.7. The number of furan rings is 1. The van der Waals surface area contributed by atoms with Crippen LogP contribution in [0.15, 0.2) is 44.1 Å². The maximum atomic E-state index is 12.4. The van der Waals surface area contributed by atoms with Gasteiger partial charge in [0.1, 0.15) is 16.4 Å². The Balaban J connectivity index is 2.23. The van der Waals surface area contributed by atoms with Crippen LogP contribution in [0.25, 0.3) is 6.08 Å². The summed E-state index contributed by atoms with van der Waals surface area (Å²) in [6, 6.07) is 6.10. The SMILES string of the molecule is COc1cc(Br)c(S(=O)(=O)NC(=O)/C=C/c2ccc(C)o2)cc1OC. The summed E-state index contributed by atoms with van der Waals surface area (Å²) in [6.45, 7) is 1.76. The van der Waals surface area contributed by atoms with Crippen molar-refractivity contribution < 1.29 is 27.1 Å². The van der Waals surface area contributed by atoms with E-state index in [1.807, 2.05) is 4.72 Å². The van der Waals surface area contributed by atoms with Crippen molar-refractivity contribution >= 4 is 37.9 Å². The lowest BCUT2D eigenvalue weighted by molar-refractivity contribution is -0.114. The van der Waals surface area contributed by atoms with Crippen LogP contribution in [-0.2, 0) is 14.8 Å². The van der Waals surface area contributed by atoms with Gasteiger partial charge in [0.25, 0.3) is 15.9 Å². The number of ether oxygens (including phenoxy) is 2. The Morgan fingerprint density at radius 2 is 1.84 bits per heavy atom. The number of methoxy groups -OCH3 is 2. The summed E-state index contributed by atoms with van der Waals surface area (Å²) in [6.07, 6.45) is 2.45. The Morgan fingerprint density at radius 1 is 1.20 bits per heavy atom. The highest BCUT2D eigenvalue weighted by Crippen LogP contribution is 2.35. The van der Waals surface area contributed by atoms with Crippen molar-refractivity contribution in [3.63, 3.8) is 0 Å².